The van der Waals surface area contributed by atoms with Crippen LogP contribution in [-0.4, -0.2) is 36.4 Å². The van der Waals surface area contributed by atoms with Crippen LogP contribution >= 0.6 is 0 Å². The van der Waals surface area contributed by atoms with Gasteiger partial charge in [-0.1, -0.05) is 30.3 Å². The quantitative estimate of drug-likeness (QED) is 0.556. The van der Waals surface area contributed by atoms with Gasteiger partial charge in [0.2, 0.25) is 18.0 Å². The number of hydrogen-bond donors (Lipinski definition) is 1. The summed E-state index contributed by atoms with van der Waals surface area (Å²) in [6.45, 7) is 2.08. The third kappa shape index (κ3) is 4.36. The van der Waals surface area contributed by atoms with Crippen LogP contribution in [0.5, 0.6) is 17.2 Å². The Morgan fingerprint density at radius 1 is 1.12 bits per heavy atom. The van der Waals surface area contributed by atoms with Crippen LogP contribution in [0.4, 0.5) is 0 Å². The second-order valence-electron chi connectivity index (χ2n) is 8.46. The first-order chi connectivity index (χ1) is 16.5. The molecule has 5 rings (SSSR count). The summed E-state index contributed by atoms with van der Waals surface area (Å²) in [4.78, 5) is 27.1. The summed E-state index contributed by atoms with van der Waals surface area (Å²) in [7, 11) is 1.29. The Balaban J connectivity index is 1.48. The van der Waals surface area contributed by atoms with Crippen LogP contribution in [0, 0.1) is 0 Å². The molecule has 176 valence electrons. The van der Waals surface area contributed by atoms with Gasteiger partial charge in [0.15, 0.2) is 17.3 Å². The van der Waals surface area contributed by atoms with Crippen LogP contribution in [-0.2, 0) is 29.0 Å². The zero-order valence-corrected chi connectivity index (χ0v) is 18.8. The smallest absolute Gasteiger partial charge is 0.306 e. The van der Waals surface area contributed by atoms with Crippen molar-refractivity contribution in [3.05, 3.63) is 87.0 Å². The average molecular weight is 463 g/mol. The standard InChI is InChI=1S/C26H25NO7/c1-31-24(29)12-20(17-6-7-22-23(10-17)33-15-32-22)26-25(30)21(28)11-19(34-26)14-27-9-8-16-4-2-3-5-18(16)13-27/h2-7,10-11,20,30H,8-9,12-15H2,1H3/t20-/m0/s1. The predicted molar refractivity (Wildman–Crippen MR) is 122 cm³/mol. The van der Waals surface area contributed by atoms with Crippen molar-refractivity contribution >= 4 is 5.97 Å². The Bertz CT molecular complexity index is 1280. The fourth-order valence-electron chi connectivity index (χ4n) is 4.52. The maximum atomic E-state index is 12.7. The van der Waals surface area contributed by atoms with Gasteiger partial charge in [-0.15, -0.1) is 0 Å². The van der Waals surface area contributed by atoms with E-state index in [1.165, 1.54) is 24.3 Å². The number of rotatable bonds is 6. The monoisotopic (exact) mass is 463 g/mol. The van der Waals surface area contributed by atoms with Gasteiger partial charge in [0.1, 0.15) is 5.76 Å². The number of benzene rings is 2. The highest BCUT2D eigenvalue weighted by Crippen LogP contribution is 2.39. The van der Waals surface area contributed by atoms with Gasteiger partial charge in [-0.05, 0) is 35.2 Å². The van der Waals surface area contributed by atoms with Crippen molar-refractivity contribution in [3.8, 4) is 17.2 Å². The van der Waals surface area contributed by atoms with E-state index in [9.17, 15) is 14.7 Å². The topological polar surface area (TPSA) is 98.4 Å². The third-order valence-corrected chi connectivity index (χ3v) is 6.30. The first kappa shape index (κ1) is 22.0. The fraction of sp³-hybridized carbons (Fsp3) is 0.308. The zero-order chi connectivity index (χ0) is 23.7. The molecule has 34 heavy (non-hydrogen) atoms. The Labute approximate surface area is 196 Å². The Hall–Kier alpha value is -3.78. The molecule has 2 aliphatic rings. The highest BCUT2D eigenvalue weighted by molar-refractivity contribution is 5.71. The van der Waals surface area contributed by atoms with Crippen molar-refractivity contribution in [3.63, 3.8) is 0 Å². The van der Waals surface area contributed by atoms with Gasteiger partial charge in [0.25, 0.3) is 0 Å². The van der Waals surface area contributed by atoms with E-state index in [1.54, 1.807) is 18.2 Å². The van der Waals surface area contributed by atoms with Crippen molar-refractivity contribution in [1.29, 1.82) is 0 Å². The summed E-state index contributed by atoms with van der Waals surface area (Å²) >= 11 is 0. The Morgan fingerprint density at radius 2 is 1.91 bits per heavy atom. The molecular formula is C26H25NO7. The Morgan fingerprint density at radius 3 is 2.74 bits per heavy atom. The lowest BCUT2D eigenvalue weighted by Gasteiger charge is -2.28. The molecule has 1 atom stereocenters. The fourth-order valence-corrected chi connectivity index (χ4v) is 4.52. The maximum absolute atomic E-state index is 12.7. The summed E-state index contributed by atoms with van der Waals surface area (Å²) in [6.07, 6.45) is 0.792. The van der Waals surface area contributed by atoms with Crippen LogP contribution in [0.2, 0.25) is 0 Å². The number of fused-ring (bicyclic) bond motifs is 2. The Kier molecular flexibility index (Phi) is 5.98. The first-order valence-corrected chi connectivity index (χ1v) is 11.1. The number of nitrogens with zero attached hydrogens (tertiary/aromatic N) is 1. The lowest BCUT2D eigenvalue weighted by Crippen LogP contribution is -2.30. The van der Waals surface area contributed by atoms with E-state index in [0.717, 1.165) is 19.5 Å². The van der Waals surface area contributed by atoms with Gasteiger partial charge in [-0.25, -0.2) is 0 Å². The minimum atomic E-state index is -0.739. The molecule has 2 aromatic carbocycles. The molecule has 0 aliphatic carbocycles. The molecule has 0 spiro atoms. The summed E-state index contributed by atoms with van der Waals surface area (Å²) in [5.74, 6) is -0.182. The van der Waals surface area contributed by atoms with Gasteiger partial charge in [-0.3, -0.25) is 14.5 Å². The van der Waals surface area contributed by atoms with E-state index < -0.39 is 23.1 Å². The molecule has 1 aromatic heterocycles. The summed E-state index contributed by atoms with van der Waals surface area (Å²) in [6, 6.07) is 14.8. The van der Waals surface area contributed by atoms with Gasteiger partial charge in [-0.2, -0.15) is 0 Å². The predicted octanol–water partition coefficient (Wildman–Crippen LogP) is 3.33. The number of aromatic hydroxyl groups is 1. The minimum absolute atomic E-state index is 0.0316. The largest absolute Gasteiger partial charge is 0.502 e. The second kappa shape index (κ2) is 9.23. The van der Waals surface area contributed by atoms with E-state index >= 15 is 0 Å². The van der Waals surface area contributed by atoms with E-state index in [2.05, 4.69) is 17.0 Å². The van der Waals surface area contributed by atoms with Crippen LogP contribution in [0.25, 0.3) is 0 Å². The van der Waals surface area contributed by atoms with Gasteiger partial charge >= 0.3 is 5.97 Å². The summed E-state index contributed by atoms with van der Waals surface area (Å²) < 4.78 is 21.8. The lowest BCUT2D eigenvalue weighted by molar-refractivity contribution is -0.140. The normalized spacial score (nSPS) is 15.6. The zero-order valence-electron chi connectivity index (χ0n) is 18.8. The van der Waals surface area contributed by atoms with Crippen LogP contribution in [0.15, 0.2) is 57.7 Å². The lowest BCUT2D eigenvalue weighted by atomic mass is 9.92. The molecular weight excluding hydrogens is 438 g/mol. The molecule has 2 aliphatic heterocycles. The second-order valence-corrected chi connectivity index (χ2v) is 8.46. The number of ether oxygens (including phenoxy) is 3. The van der Waals surface area contributed by atoms with Crippen molar-refractivity contribution < 1.29 is 28.5 Å². The van der Waals surface area contributed by atoms with Crippen molar-refractivity contribution in [2.24, 2.45) is 0 Å². The molecule has 3 aromatic rings. The van der Waals surface area contributed by atoms with Crippen LogP contribution in [0.1, 0.15) is 40.5 Å². The summed E-state index contributed by atoms with van der Waals surface area (Å²) in [5, 5.41) is 10.6. The van der Waals surface area contributed by atoms with Gasteiger partial charge in [0.05, 0.1) is 26.0 Å². The highest BCUT2D eigenvalue weighted by atomic mass is 16.7. The first-order valence-electron chi connectivity index (χ1n) is 11.1. The number of methoxy groups -OCH3 is 1. The molecule has 8 nitrogen and oxygen atoms in total. The minimum Gasteiger partial charge on any atom is -0.502 e. The van der Waals surface area contributed by atoms with Gasteiger partial charge in [0, 0.05) is 19.2 Å². The van der Waals surface area contributed by atoms with Gasteiger partial charge < -0.3 is 23.7 Å². The van der Waals surface area contributed by atoms with Crippen molar-refractivity contribution in [1.82, 2.24) is 4.90 Å². The molecule has 0 bridgehead atoms. The molecule has 8 heteroatoms. The van der Waals surface area contributed by atoms with E-state index in [1.807, 2.05) is 12.1 Å². The molecule has 0 unspecified atom stereocenters. The molecule has 3 heterocycles. The number of carbonyl (C=O) groups is 1. The highest BCUT2D eigenvalue weighted by Gasteiger charge is 2.29. The summed E-state index contributed by atoms with van der Waals surface area (Å²) in [5.41, 5.74) is 2.66. The van der Waals surface area contributed by atoms with E-state index in [0.29, 0.717) is 29.4 Å². The number of esters is 1. The molecule has 0 saturated carbocycles. The molecule has 0 fully saturated rings. The van der Waals surface area contributed by atoms with Crippen LogP contribution in [0.3, 0.4) is 0 Å². The number of carbonyl (C=O) groups excluding carboxylic acids is 1. The molecule has 1 N–H and O–H groups in total. The average Bonchev–Trinajstić information content (AvgIpc) is 3.32. The maximum Gasteiger partial charge on any atom is 0.306 e. The third-order valence-electron chi connectivity index (χ3n) is 6.30. The van der Waals surface area contributed by atoms with E-state index in [4.69, 9.17) is 18.6 Å². The molecule has 0 saturated heterocycles. The van der Waals surface area contributed by atoms with Crippen molar-refractivity contribution in [2.75, 3.05) is 20.4 Å². The SMILES string of the molecule is COC(=O)C[C@@H](c1ccc2c(c1)OCO2)c1oc(CN2CCc3ccccc3C2)cc(=O)c1O. The van der Waals surface area contributed by atoms with E-state index in [-0.39, 0.29) is 19.0 Å². The number of hydrogen-bond acceptors (Lipinski definition) is 8. The van der Waals surface area contributed by atoms with Crippen LogP contribution < -0.4 is 14.9 Å². The molecule has 0 amide bonds. The van der Waals surface area contributed by atoms with Crippen molar-refractivity contribution in [2.45, 2.75) is 31.8 Å². The molecule has 0 radical (unpaired) electrons.